The molecule has 2 atom stereocenters. The Morgan fingerprint density at radius 1 is 1.40 bits per heavy atom. The molecule has 1 aliphatic heterocycles. The van der Waals surface area contributed by atoms with E-state index in [1.165, 1.54) is 0 Å². The van der Waals surface area contributed by atoms with Gasteiger partial charge >= 0.3 is 0 Å². The Kier molecular flexibility index (Phi) is 5.05. The SMILES string of the molecule is CCNC(c1cccc(OC)c1)C1CCCCS1(=O)=O. The van der Waals surface area contributed by atoms with Crippen molar-refractivity contribution in [3.05, 3.63) is 29.8 Å². The molecule has 0 saturated carbocycles. The molecule has 1 N–H and O–H groups in total. The van der Waals surface area contributed by atoms with E-state index in [0.717, 1.165) is 37.1 Å². The quantitative estimate of drug-likeness (QED) is 0.906. The fourth-order valence-corrected chi connectivity index (χ4v) is 4.98. The minimum atomic E-state index is -3.02. The van der Waals surface area contributed by atoms with Crippen molar-refractivity contribution in [1.29, 1.82) is 0 Å². The average Bonchev–Trinajstić information content (AvgIpc) is 2.45. The Morgan fingerprint density at radius 2 is 2.20 bits per heavy atom. The zero-order valence-corrected chi connectivity index (χ0v) is 12.9. The van der Waals surface area contributed by atoms with E-state index in [-0.39, 0.29) is 11.3 Å². The van der Waals surface area contributed by atoms with Crippen molar-refractivity contribution >= 4 is 9.84 Å². The van der Waals surface area contributed by atoms with Crippen LogP contribution in [0.25, 0.3) is 0 Å². The summed E-state index contributed by atoms with van der Waals surface area (Å²) in [6.45, 7) is 2.75. The molecule has 1 aromatic carbocycles. The second-order valence-electron chi connectivity index (χ2n) is 5.21. The first-order valence-electron chi connectivity index (χ1n) is 7.17. The summed E-state index contributed by atoms with van der Waals surface area (Å²) in [6.07, 6.45) is 2.50. The lowest BCUT2D eigenvalue weighted by atomic mass is 9.99. The van der Waals surface area contributed by atoms with Gasteiger partial charge < -0.3 is 10.1 Å². The minimum absolute atomic E-state index is 0.152. The first kappa shape index (κ1) is 15.3. The molecule has 2 unspecified atom stereocenters. The van der Waals surface area contributed by atoms with Gasteiger partial charge in [-0.1, -0.05) is 25.5 Å². The predicted octanol–water partition coefficient (Wildman–Crippen LogP) is 2.31. The van der Waals surface area contributed by atoms with Crippen molar-refractivity contribution in [1.82, 2.24) is 5.32 Å². The molecule has 0 amide bonds. The Labute approximate surface area is 121 Å². The zero-order chi connectivity index (χ0) is 14.6. The smallest absolute Gasteiger partial charge is 0.155 e. The van der Waals surface area contributed by atoms with Crippen LogP contribution in [0.1, 0.15) is 37.8 Å². The maximum absolute atomic E-state index is 12.4. The van der Waals surface area contributed by atoms with Gasteiger partial charge in [-0.3, -0.25) is 0 Å². The number of ether oxygens (including phenoxy) is 1. The summed E-state index contributed by atoms with van der Waals surface area (Å²) in [4.78, 5) is 0. The highest BCUT2D eigenvalue weighted by Crippen LogP contribution is 2.32. The summed E-state index contributed by atoms with van der Waals surface area (Å²) in [5.41, 5.74) is 0.988. The molecule has 20 heavy (non-hydrogen) atoms. The van der Waals surface area contributed by atoms with Gasteiger partial charge in [0.1, 0.15) is 5.75 Å². The minimum Gasteiger partial charge on any atom is -0.497 e. The van der Waals surface area contributed by atoms with Gasteiger partial charge in [-0.2, -0.15) is 0 Å². The van der Waals surface area contributed by atoms with E-state index in [2.05, 4.69) is 5.32 Å². The molecule has 4 nitrogen and oxygen atoms in total. The van der Waals surface area contributed by atoms with E-state index in [1.807, 2.05) is 31.2 Å². The maximum Gasteiger partial charge on any atom is 0.155 e. The molecule has 0 bridgehead atoms. The Hall–Kier alpha value is -1.07. The van der Waals surface area contributed by atoms with Crippen molar-refractivity contribution < 1.29 is 13.2 Å². The molecular weight excluding hydrogens is 274 g/mol. The van der Waals surface area contributed by atoms with Crippen LogP contribution in [-0.2, 0) is 9.84 Å². The Morgan fingerprint density at radius 3 is 2.85 bits per heavy atom. The van der Waals surface area contributed by atoms with E-state index in [1.54, 1.807) is 7.11 Å². The van der Waals surface area contributed by atoms with Crippen LogP contribution in [0.15, 0.2) is 24.3 Å². The van der Waals surface area contributed by atoms with Crippen LogP contribution in [0, 0.1) is 0 Å². The molecule has 1 aromatic rings. The summed E-state index contributed by atoms with van der Waals surface area (Å²) >= 11 is 0. The number of hydrogen-bond donors (Lipinski definition) is 1. The van der Waals surface area contributed by atoms with E-state index < -0.39 is 9.84 Å². The third-order valence-corrected chi connectivity index (χ3v) is 6.17. The highest BCUT2D eigenvalue weighted by Gasteiger charge is 2.36. The third kappa shape index (κ3) is 3.33. The van der Waals surface area contributed by atoms with E-state index >= 15 is 0 Å². The summed E-state index contributed by atoms with van der Waals surface area (Å²) in [5, 5.41) is 3.01. The number of hydrogen-bond acceptors (Lipinski definition) is 4. The fourth-order valence-electron chi connectivity index (χ4n) is 2.87. The predicted molar refractivity (Wildman–Crippen MR) is 80.8 cm³/mol. The number of benzene rings is 1. The molecule has 5 heteroatoms. The van der Waals surface area contributed by atoms with Gasteiger partial charge in [0.05, 0.1) is 18.1 Å². The Balaban J connectivity index is 2.34. The molecule has 1 aliphatic rings. The molecule has 2 rings (SSSR count). The summed E-state index contributed by atoms with van der Waals surface area (Å²) in [5.74, 6) is 1.07. The summed E-state index contributed by atoms with van der Waals surface area (Å²) in [6, 6.07) is 7.54. The second kappa shape index (κ2) is 6.59. The van der Waals surface area contributed by atoms with Crippen molar-refractivity contribution in [2.75, 3.05) is 19.4 Å². The van der Waals surface area contributed by atoms with Gasteiger partial charge in [0.15, 0.2) is 9.84 Å². The van der Waals surface area contributed by atoms with Crippen LogP contribution in [0.5, 0.6) is 5.75 Å². The van der Waals surface area contributed by atoms with E-state index in [9.17, 15) is 8.42 Å². The van der Waals surface area contributed by atoms with Crippen molar-refractivity contribution in [2.24, 2.45) is 0 Å². The molecule has 0 aliphatic carbocycles. The number of nitrogens with one attached hydrogen (secondary N) is 1. The molecule has 1 heterocycles. The summed E-state index contributed by atoms with van der Waals surface area (Å²) in [7, 11) is -1.39. The van der Waals surface area contributed by atoms with E-state index in [4.69, 9.17) is 4.74 Å². The number of rotatable bonds is 5. The normalized spacial score (nSPS) is 23.2. The van der Waals surface area contributed by atoms with Crippen LogP contribution in [0.3, 0.4) is 0 Å². The van der Waals surface area contributed by atoms with Crippen molar-refractivity contribution in [3.8, 4) is 5.75 Å². The monoisotopic (exact) mass is 297 g/mol. The number of sulfone groups is 1. The maximum atomic E-state index is 12.4. The first-order valence-corrected chi connectivity index (χ1v) is 8.89. The Bertz CT molecular complexity index is 542. The van der Waals surface area contributed by atoms with Crippen LogP contribution in [-0.4, -0.2) is 33.1 Å². The van der Waals surface area contributed by atoms with Crippen LogP contribution >= 0.6 is 0 Å². The van der Waals surface area contributed by atoms with Gasteiger partial charge in [-0.25, -0.2) is 8.42 Å². The van der Waals surface area contributed by atoms with Crippen LogP contribution in [0.4, 0.5) is 0 Å². The zero-order valence-electron chi connectivity index (χ0n) is 12.1. The molecule has 1 fully saturated rings. The van der Waals surface area contributed by atoms with Crippen LogP contribution in [0.2, 0.25) is 0 Å². The lowest BCUT2D eigenvalue weighted by Crippen LogP contribution is -2.40. The molecular formula is C15H23NO3S. The largest absolute Gasteiger partial charge is 0.497 e. The molecule has 0 spiro atoms. The van der Waals surface area contributed by atoms with Crippen LogP contribution < -0.4 is 10.1 Å². The lowest BCUT2D eigenvalue weighted by molar-refractivity contribution is 0.411. The highest BCUT2D eigenvalue weighted by atomic mass is 32.2. The third-order valence-electron chi connectivity index (χ3n) is 3.88. The standard InChI is InChI=1S/C15H23NO3S/c1-3-16-15(12-7-6-8-13(11-12)19-2)14-9-4-5-10-20(14,17)18/h6-8,11,14-16H,3-5,9-10H2,1-2H3. The van der Waals surface area contributed by atoms with Crippen molar-refractivity contribution in [2.45, 2.75) is 37.5 Å². The van der Waals surface area contributed by atoms with Crippen molar-refractivity contribution in [3.63, 3.8) is 0 Å². The van der Waals surface area contributed by atoms with Gasteiger partial charge in [-0.05, 0) is 37.1 Å². The topological polar surface area (TPSA) is 55.4 Å². The van der Waals surface area contributed by atoms with Gasteiger partial charge in [0, 0.05) is 6.04 Å². The first-order chi connectivity index (χ1) is 9.58. The number of methoxy groups -OCH3 is 1. The highest BCUT2D eigenvalue weighted by molar-refractivity contribution is 7.92. The van der Waals surface area contributed by atoms with E-state index in [0.29, 0.717) is 5.75 Å². The molecule has 0 radical (unpaired) electrons. The lowest BCUT2D eigenvalue weighted by Gasteiger charge is -2.31. The molecule has 1 saturated heterocycles. The molecule has 0 aromatic heterocycles. The van der Waals surface area contributed by atoms with Gasteiger partial charge in [0.2, 0.25) is 0 Å². The van der Waals surface area contributed by atoms with Gasteiger partial charge in [-0.15, -0.1) is 0 Å². The fraction of sp³-hybridized carbons (Fsp3) is 0.600. The molecule has 112 valence electrons. The van der Waals surface area contributed by atoms with Gasteiger partial charge in [0.25, 0.3) is 0 Å². The average molecular weight is 297 g/mol. The second-order valence-corrected chi connectivity index (χ2v) is 7.55. The summed E-state index contributed by atoms with van der Waals surface area (Å²) < 4.78 is 30.0.